The molecule has 5 N–H and O–H groups in total. The lowest BCUT2D eigenvalue weighted by molar-refractivity contribution is -0.161. The van der Waals surface area contributed by atoms with Crippen LogP contribution in [0.15, 0.2) is 48.6 Å². The van der Waals surface area contributed by atoms with Crippen LogP contribution in [-0.2, 0) is 32.7 Å². The van der Waals surface area contributed by atoms with Gasteiger partial charge in [0, 0.05) is 12.8 Å². The number of esters is 2. The lowest BCUT2D eigenvalue weighted by Gasteiger charge is -2.20. The number of allylic oxidation sites excluding steroid dienone is 7. The van der Waals surface area contributed by atoms with Gasteiger partial charge in [0.2, 0.25) is 0 Å². The van der Waals surface area contributed by atoms with Gasteiger partial charge in [0.05, 0.1) is 32.0 Å². The van der Waals surface area contributed by atoms with Gasteiger partial charge >= 0.3 is 19.8 Å². The predicted molar refractivity (Wildman–Crippen MR) is 240 cm³/mol. The van der Waals surface area contributed by atoms with E-state index >= 15 is 0 Å². The van der Waals surface area contributed by atoms with Crippen molar-refractivity contribution in [3.8, 4) is 0 Å². The Balaban J connectivity index is 4.48. The van der Waals surface area contributed by atoms with Crippen LogP contribution in [0.5, 0.6) is 0 Å². The normalized spacial score (nSPS) is 15.8. The maximum absolute atomic E-state index is 12.7. The molecular formula is C47H85O12P. The van der Waals surface area contributed by atoms with E-state index in [1.165, 1.54) is 77.0 Å². The summed E-state index contributed by atoms with van der Waals surface area (Å²) in [6.45, 7) is 4.30. The van der Waals surface area contributed by atoms with Crippen LogP contribution in [0.2, 0.25) is 0 Å². The van der Waals surface area contributed by atoms with Gasteiger partial charge < -0.3 is 34.8 Å². The third-order valence-corrected chi connectivity index (χ3v) is 11.2. The molecule has 0 amide bonds. The topological polar surface area (TPSA) is 189 Å². The van der Waals surface area contributed by atoms with Crippen molar-refractivity contribution in [1.29, 1.82) is 0 Å². The van der Waals surface area contributed by atoms with E-state index in [1.807, 2.05) is 12.2 Å². The average molecular weight is 873 g/mol. The molecule has 0 saturated heterocycles. The number of ether oxygens (including phenoxy) is 2. The third kappa shape index (κ3) is 38.7. The predicted octanol–water partition coefficient (Wildman–Crippen LogP) is 10.3. The quantitative estimate of drug-likeness (QED) is 0.0169. The van der Waals surface area contributed by atoms with Crippen LogP contribution < -0.4 is 0 Å². The van der Waals surface area contributed by atoms with Crippen molar-refractivity contribution in [1.82, 2.24) is 0 Å². The Hall–Kier alpha value is -2.15. The number of hydrogen-bond acceptors (Lipinski definition) is 11. The first kappa shape index (κ1) is 57.9. The second-order valence-electron chi connectivity index (χ2n) is 16.0. The van der Waals surface area contributed by atoms with E-state index in [2.05, 4.69) is 55.7 Å². The Bertz CT molecular complexity index is 1190. The van der Waals surface area contributed by atoms with Crippen molar-refractivity contribution in [2.24, 2.45) is 5.92 Å². The van der Waals surface area contributed by atoms with E-state index in [-0.39, 0.29) is 32.1 Å². The van der Waals surface area contributed by atoms with Crippen LogP contribution in [0, 0.1) is 5.92 Å². The molecule has 2 unspecified atom stereocenters. The molecule has 0 heterocycles. The van der Waals surface area contributed by atoms with Gasteiger partial charge in [0.25, 0.3) is 0 Å². The molecule has 0 fully saturated rings. The van der Waals surface area contributed by atoms with Gasteiger partial charge in [0.15, 0.2) is 6.10 Å². The van der Waals surface area contributed by atoms with Crippen LogP contribution in [0.25, 0.3) is 0 Å². The highest BCUT2D eigenvalue weighted by atomic mass is 31.2. The number of aliphatic hydroxyl groups is 4. The van der Waals surface area contributed by atoms with Gasteiger partial charge in [-0.05, 0) is 57.3 Å². The van der Waals surface area contributed by atoms with E-state index in [1.54, 1.807) is 6.08 Å². The molecule has 0 radical (unpaired) electrons. The molecule has 60 heavy (non-hydrogen) atoms. The zero-order valence-electron chi connectivity index (χ0n) is 37.6. The first-order valence-corrected chi connectivity index (χ1v) is 24.6. The Labute approximate surface area is 363 Å². The van der Waals surface area contributed by atoms with Crippen LogP contribution in [-0.4, -0.2) is 88.1 Å². The summed E-state index contributed by atoms with van der Waals surface area (Å²) in [7, 11) is -4.70. The molecule has 0 aromatic carbocycles. The van der Waals surface area contributed by atoms with Gasteiger partial charge in [-0.1, -0.05) is 166 Å². The largest absolute Gasteiger partial charge is 0.472 e. The molecule has 0 rings (SSSR count). The average Bonchev–Trinajstić information content (AvgIpc) is 3.23. The number of aliphatic hydroxyl groups excluding tert-OH is 4. The number of hydrogen-bond donors (Lipinski definition) is 5. The van der Waals surface area contributed by atoms with E-state index in [0.717, 1.165) is 44.4 Å². The fourth-order valence-corrected chi connectivity index (χ4v) is 6.96. The highest BCUT2D eigenvalue weighted by Crippen LogP contribution is 2.43. The van der Waals surface area contributed by atoms with Gasteiger partial charge in [-0.2, -0.15) is 0 Å². The summed E-state index contributed by atoms with van der Waals surface area (Å²) in [6, 6.07) is 0. The Morgan fingerprint density at radius 1 is 0.583 bits per heavy atom. The van der Waals surface area contributed by atoms with E-state index < -0.39 is 70.6 Å². The Morgan fingerprint density at radius 2 is 1.07 bits per heavy atom. The van der Waals surface area contributed by atoms with Crippen molar-refractivity contribution in [2.75, 3.05) is 26.4 Å². The molecule has 0 aromatic heterocycles. The summed E-state index contributed by atoms with van der Waals surface area (Å²) in [4.78, 5) is 35.1. The fraction of sp³-hybridized carbons (Fsp3) is 0.787. The van der Waals surface area contributed by atoms with Crippen molar-refractivity contribution in [3.05, 3.63) is 48.6 Å². The number of rotatable bonds is 42. The molecular weight excluding hydrogens is 787 g/mol. The molecule has 0 aromatic rings. The summed E-state index contributed by atoms with van der Waals surface area (Å²) < 4.78 is 32.6. The van der Waals surface area contributed by atoms with E-state index in [4.69, 9.17) is 19.1 Å². The van der Waals surface area contributed by atoms with Crippen LogP contribution in [0.4, 0.5) is 0 Å². The molecule has 0 spiro atoms. The van der Waals surface area contributed by atoms with Crippen molar-refractivity contribution in [3.63, 3.8) is 0 Å². The summed E-state index contributed by atoms with van der Waals surface area (Å²) in [5, 5.41) is 39.1. The molecule has 12 nitrogen and oxygen atoms in total. The number of phosphoric acid groups is 1. The minimum absolute atomic E-state index is 0.131. The Kier molecular flexibility index (Phi) is 39.4. The fourth-order valence-electron chi connectivity index (χ4n) is 6.17. The third-order valence-electron chi connectivity index (χ3n) is 10.2. The summed E-state index contributed by atoms with van der Waals surface area (Å²) in [5.74, 6) is -0.348. The molecule has 0 saturated carbocycles. The lowest BCUT2D eigenvalue weighted by Crippen LogP contribution is -2.30. The van der Waals surface area contributed by atoms with E-state index in [9.17, 15) is 34.4 Å². The van der Waals surface area contributed by atoms with Crippen molar-refractivity contribution >= 4 is 19.8 Å². The summed E-state index contributed by atoms with van der Waals surface area (Å²) in [5.41, 5.74) is 0. The number of carbonyl (C=O) groups excluding carboxylic acids is 2. The molecule has 0 aliphatic carbocycles. The smallest absolute Gasteiger partial charge is 0.462 e. The molecule has 0 aliphatic heterocycles. The summed E-state index contributed by atoms with van der Waals surface area (Å²) in [6.07, 6.45) is 35.3. The van der Waals surface area contributed by atoms with Crippen LogP contribution >= 0.6 is 7.82 Å². The molecule has 350 valence electrons. The number of unbranched alkanes of at least 4 members (excludes halogenated alkanes) is 13. The molecule has 13 heteroatoms. The minimum atomic E-state index is -4.70. The first-order valence-electron chi connectivity index (χ1n) is 23.2. The molecule has 0 bridgehead atoms. The summed E-state index contributed by atoms with van der Waals surface area (Å²) >= 11 is 0. The standard InChI is InChI=1S/C47H85O12P/c1-4-6-7-8-9-10-11-17-20-23-26-29-33-44(50)45(51)34-31-36-47(53)59-43(40-58-60(54,55)57-38-42(49)37-48)39-56-46(52)35-30-27-24-21-18-15-13-12-14-16-19-22-25-28-32-41(3)5-2/h6-7,9-10,17,20,26,29,41-45,48-51H,4-5,8,11-16,18-19,21-25,27-28,30-40H2,1-3H3,(H,54,55)/b7-6-,10-9-,20-17-,29-26-/t41?,42-,43+,44+,45+/m0/s1. The van der Waals surface area contributed by atoms with Gasteiger partial charge in [-0.3, -0.25) is 18.6 Å². The maximum atomic E-state index is 12.7. The first-order chi connectivity index (χ1) is 28.9. The van der Waals surface area contributed by atoms with Crippen molar-refractivity contribution < 1.29 is 58.0 Å². The highest BCUT2D eigenvalue weighted by Gasteiger charge is 2.27. The Morgan fingerprint density at radius 3 is 1.60 bits per heavy atom. The molecule has 0 aliphatic rings. The van der Waals surface area contributed by atoms with E-state index in [0.29, 0.717) is 12.8 Å². The van der Waals surface area contributed by atoms with Gasteiger partial charge in [-0.25, -0.2) is 4.57 Å². The minimum Gasteiger partial charge on any atom is -0.462 e. The van der Waals surface area contributed by atoms with Crippen LogP contribution in [0.3, 0.4) is 0 Å². The zero-order valence-corrected chi connectivity index (χ0v) is 38.4. The molecule has 6 atom stereocenters. The monoisotopic (exact) mass is 873 g/mol. The highest BCUT2D eigenvalue weighted by molar-refractivity contribution is 7.47. The SMILES string of the molecule is CC/C=C\C/C=C\C/C=C\C/C=C\C[C@@H](O)[C@H](O)CCCC(=O)O[C@H](COC(=O)CCCCCCCCCCCCCCCCC(C)CC)COP(=O)(O)OC[C@@H](O)CO. The van der Waals surface area contributed by atoms with Gasteiger partial charge in [0.1, 0.15) is 12.7 Å². The maximum Gasteiger partial charge on any atom is 0.472 e. The van der Waals surface area contributed by atoms with Crippen LogP contribution in [0.1, 0.15) is 181 Å². The second kappa shape index (κ2) is 40.9. The second-order valence-corrected chi connectivity index (χ2v) is 17.4. The van der Waals surface area contributed by atoms with Crippen molar-refractivity contribution in [2.45, 2.75) is 206 Å². The van der Waals surface area contributed by atoms with Gasteiger partial charge in [-0.15, -0.1) is 0 Å². The lowest BCUT2D eigenvalue weighted by atomic mass is 9.99. The number of phosphoric ester groups is 1. The number of carbonyl (C=O) groups is 2. The zero-order chi connectivity index (χ0) is 44.5.